The molecule has 0 aliphatic rings. The first-order valence-corrected chi connectivity index (χ1v) is 6.52. The Labute approximate surface area is 146 Å². The van der Waals surface area contributed by atoms with Crippen molar-refractivity contribution in [3.63, 3.8) is 0 Å². The van der Waals surface area contributed by atoms with Crippen molar-refractivity contribution in [2.75, 3.05) is 0 Å². The van der Waals surface area contributed by atoms with Gasteiger partial charge in [0.15, 0.2) is 0 Å². The van der Waals surface area contributed by atoms with E-state index in [2.05, 4.69) is 4.74 Å². The van der Waals surface area contributed by atoms with Crippen molar-refractivity contribution in [1.82, 2.24) is 0 Å². The highest BCUT2D eigenvalue weighted by Gasteiger charge is 2.76. The van der Waals surface area contributed by atoms with Crippen LogP contribution in [0.3, 0.4) is 0 Å². The molecule has 0 heterocycles. The average molecular weight is 438 g/mol. The van der Waals surface area contributed by atoms with E-state index in [-0.39, 0.29) is 18.2 Å². The van der Waals surface area contributed by atoms with Crippen molar-refractivity contribution >= 4 is 5.97 Å². The zero-order valence-corrected chi connectivity index (χ0v) is 12.7. The third-order valence-electron chi connectivity index (χ3n) is 3.13. The molecule has 0 saturated heterocycles. The Morgan fingerprint density at radius 2 is 1.11 bits per heavy atom. The molecule has 0 aliphatic carbocycles. The van der Waals surface area contributed by atoms with Gasteiger partial charge >= 0.3 is 36.3 Å². The van der Waals surface area contributed by atoms with Crippen LogP contribution in [0.2, 0.25) is 0 Å². The molecule has 160 valence electrons. The summed E-state index contributed by atoms with van der Waals surface area (Å²) < 4.78 is 154. The number of carbonyl (C=O) groups is 1. The fraction of sp³-hybridized carbons (Fsp3) is 0.462. The van der Waals surface area contributed by atoms with Crippen molar-refractivity contribution in [3.8, 4) is 0 Å². The Hall–Kier alpha value is -2.19. The number of alkyl halides is 12. The third kappa shape index (κ3) is 4.80. The van der Waals surface area contributed by atoms with E-state index < -0.39 is 59.6 Å². The number of aliphatic hydroxyl groups is 1. The van der Waals surface area contributed by atoms with E-state index in [1.807, 2.05) is 0 Å². The summed E-state index contributed by atoms with van der Waals surface area (Å²) in [6.07, 6.45) is -24.0. The number of hydrogen-bond donors (Lipinski definition) is 1. The van der Waals surface area contributed by atoms with Crippen molar-refractivity contribution < 1.29 is 67.3 Å². The molecule has 1 N–H and O–H groups in total. The standard InChI is InChI=1S/C13H6F12O3/c14-10(15,16)6-1-5(2-7(3-6)11(17,18)19)4-28-8(26)9(27,12(20,21)22)13(23,24)25/h1-3,27H,4H2. The van der Waals surface area contributed by atoms with E-state index >= 15 is 0 Å². The second kappa shape index (κ2) is 7.00. The van der Waals surface area contributed by atoms with E-state index in [1.54, 1.807) is 0 Å². The van der Waals surface area contributed by atoms with Gasteiger partial charge in [-0.1, -0.05) is 0 Å². The van der Waals surface area contributed by atoms with Gasteiger partial charge in [0.2, 0.25) is 0 Å². The highest BCUT2D eigenvalue weighted by molar-refractivity contribution is 5.81. The van der Waals surface area contributed by atoms with Crippen LogP contribution in [0.1, 0.15) is 16.7 Å². The van der Waals surface area contributed by atoms with Crippen LogP contribution in [0.4, 0.5) is 52.7 Å². The van der Waals surface area contributed by atoms with E-state index in [0.717, 1.165) is 0 Å². The Kier molecular flexibility index (Phi) is 5.97. The van der Waals surface area contributed by atoms with E-state index in [4.69, 9.17) is 5.11 Å². The Balaban J connectivity index is 3.27. The fourth-order valence-corrected chi connectivity index (χ4v) is 1.75. The Morgan fingerprint density at radius 1 is 0.750 bits per heavy atom. The van der Waals surface area contributed by atoms with Crippen LogP contribution >= 0.6 is 0 Å². The fourth-order valence-electron chi connectivity index (χ4n) is 1.75. The van der Waals surface area contributed by atoms with Crippen molar-refractivity contribution in [2.45, 2.75) is 36.9 Å². The van der Waals surface area contributed by atoms with Crippen molar-refractivity contribution in [1.29, 1.82) is 0 Å². The summed E-state index contributed by atoms with van der Waals surface area (Å²) in [6, 6.07) is -0.529. The number of rotatable bonds is 3. The van der Waals surface area contributed by atoms with Gasteiger partial charge in [-0.2, -0.15) is 52.7 Å². The van der Waals surface area contributed by atoms with Gasteiger partial charge in [0.05, 0.1) is 11.1 Å². The zero-order chi connectivity index (χ0) is 22.3. The molecule has 0 fully saturated rings. The number of esters is 1. The number of benzene rings is 1. The van der Waals surface area contributed by atoms with Gasteiger partial charge in [-0.05, 0) is 23.8 Å². The van der Waals surface area contributed by atoms with Crippen LogP contribution in [0, 0.1) is 0 Å². The van der Waals surface area contributed by atoms with Crippen molar-refractivity contribution in [2.24, 2.45) is 0 Å². The molecule has 0 aliphatic heterocycles. The lowest BCUT2D eigenvalue weighted by Crippen LogP contribution is -2.62. The van der Waals surface area contributed by atoms with Gasteiger partial charge in [0.25, 0.3) is 0 Å². The van der Waals surface area contributed by atoms with Crippen LogP contribution in [-0.2, 0) is 28.5 Å². The third-order valence-corrected chi connectivity index (χ3v) is 3.13. The summed E-state index contributed by atoms with van der Waals surface area (Å²) in [4.78, 5) is 11.1. The van der Waals surface area contributed by atoms with Crippen LogP contribution in [0.25, 0.3) is 0 Å². The number of halogens is 12. The molecule has 28 heavy (non-hydrogen) atoms. The number of hydrogen-bond acceptors (Lipinski definition) is 3. The molecule has 1 aromatic rings. The first-order chi connectivity index (χ1) is 12.2. The van der Waals surface area contributed by atoms with Gasteiger partial charge in [0.1, 0.15) is 6.61 Å². The predicted octanol–water partition coefficient (Wildman–Crippen LogP) is 4.62. The minimum absolute atomic E-state index is 0.0806. The summed E-state index contributed by atoms with van der Waals surface area (Å²) in [6.45, 7) is -1.85. The SMILES string of the molecule is O=C(OCc1cc(C(F)(F)F)cc(C(F)(F)F)c1)C(O)(C(F)(F)F)C(F)(F)F. The van der Waals surface area contributed by atoms with Crippen LogP contribution in [-0.4, -0.2) is 29.0 Å². The minimum atomic E-state index is -6.63. The van der Waals surface area contributed by atoms with Crippen LogP contribution in [0.5, 0.6) is 0 Å². The van der Waals surface area contributed by atoms with Gasteiger partial charge in [-0.3, -0.25) is 0 Å². The van der Waals surface area contributed by atoms with Gasteiger partial charge in [0, 0.05) is 0 Å². The van der Waals surface area contributed by atoms with Crippen LogP contribution in [0.15, 0.2) is 18.2 Å². The molecule has 0 saturated carbocycles. The van der Waals surface area contributed by atoms with E-state index in [9.17, 15) is 57.5 Å². The predicted molar refractivity (Wildman–Crippen MR) is 63.3 cm³/mol. The summed E-state index contributed by atoms with van der Waals surface area (Å²) in [5.74, 6) is -3.38. The lowest BCUT2D eigenvalue weighted by Gasteiger charge is -2.29. The average Bonchev–Trinajstić information content (AvgIpc) is 2.47. The highest BCUT2D eigenvalue weighted by Crippen LogP contribution is 2.44. The molecule has 0 radical (unpaired) electrons. The Morgan fingerprint density at radius 3 is 1.39 bits per heavy atom. The van der Waals surface area contributed by atoms with Crippen LogP contribution < -0.4 is 0 Å². The summed E-state index contributed by atoms with van der Waals surface area (Å²) >= 11 is 0. The number of ether oxygens (including phenoxy) is 1. The molecule has 1 rings (SSSR count). The molecular weight excluding hydrogens is 432 g/mol. The molecule has 0 unspecified atom stereocenters. The van der Waals surface area contributed by atoms with E-state index in [0.29, 0.717) is 0 Å². The minimum Gasteiger partial charge on any atom is -0.458 e. The molecule has 0 spiro atoms. The maximum absolute atomic E-state index is 12.6. The largest absolute Gasteiger partial charge is 0.458 e. The smallest absolute Gasteiger partial charge is 0.437 e. The van der Waals surface area contributed by atoms with E-state index in [1.165, 1.54) is 0 Å². The molecule has 15 heteroatoms. The molecule has 0 amide bonds. The summed E-state index contributed by atoms with van der Waals surface area (Å²) in [5.41, 5.74) is -11.2. The zero-order valence-electron chi connectivity index (χ0n) is 12.7. The second-order valence-corrected chi connectivity index (χ2v) is 5.20. The molecule has 0 bridgehead atoms. The molecule has 1 aromatic carbocycles. The first-order valence-electron chi connectivity index (χ1n) is 6.52. The monoisotopic (exact) mass is 438 g/mol. The lowest BCUT2D eigenvalue weighted by atomic mass is 10.0. The molecule has 0 atom stereocenters. The maximum atomic E-state index is 12.6. The van der Waals surface area contributed by atoms with Gasteiger partial charge < -0.3 is 9.84 Å². The normalized spacial score (nSPS) is 14.2. The van der Waals surface area contributed by atoms with Gasteiger partial charge in [-0.15, -0.1) is 0 Å². The first kappa shape index (κ1) is 23.8. The summed E-state index contributed by atoms with van der Waals surface area (Å²) in [7, 11) is 0. The van der Waals surface area contributed by atoms with Crippen molar-refractivity contribution in [3.05, 3.63) is 34.9 Å². The maximum Gasteiger partial charge on any atom is 0.437 e. The Bertz CT molecular complexity index is 680. The quantitative estimate of drug-likeness (QED) is 0.554. The summed E-state index contributed by atoms with van der Waals surface area (Å²) in [5, 5.41) is 8.71. The highest BCUT2D eigenvalue weighted by atomic mass is 19.4. The molecule has 3 nitrogen and oxygen atoms in total. The number of carbonyl (C=O) groups excluding carboxylic acids is 1. The molecular formula is C13H6F12O3. The van der Waals surface area contributed by atoms with Gasteiger partial charge in [-0.25, -0.2) is 4.79 Å². The lowest BCUT2D eigenvalue weighted by molar-refractivity contribution is -0.357. The molecule has 0 aromatic heterocycles. The topological polar surface area (TPSA) is 46.5 Å². The second-order valence-electron chi connectivity index (χ2n) is 5.20.